The quantitative estimate of drug-likeness (QED) is 0.475. The van der Waals surface area contributed by atoms with Crippen molar-refractivity contribution < 1.29 is 13.2 Å². The molecule has 1 aliphatic rings. The summed E-state index contributed by atoms with van der Waals surface area (Å²) < 4.78 is 24.0. The van der Waals surface area contributed by atoms with Gasteiger partial charge in [0.25, 0.3) is 5.91 Å². The zero-order chi connectivity index (χ0) is 26.6. The maximum absolute atomic E-state index is 12.9. The Morgan fingerprint density at radius 1 is 1.14 bits per heavy atom. The predicted octanol–water partition coefficient (Wildman–Crippen LogP) is 4.43. The van der Waals surface area contributed by atoms with Crippen LogP contribution in [0.3, 0.4) is 0 Å². The van der Waals surface area contributed by atoms with Gasteiger partial charge in [0.15, 0.2) is 9.84 Å². The first-order valence-corrected chi connectivity index (χ1v) is 14.2. The molecule has 8 heteroatoms. The summed E-state index contributed by atoms with van der Waals surface area (Å²) in [5.41, 5.74) is 5.27. The first kappa shape index (κ1) is 26.5. The first-order valence-electron chi connectivity index (χ1n) is 12.5. The van der Waals surface area contributed by atoms with Gasteiger partial charge in [-0.1, -0.05) is 45.0 Å². The summed E-state index contributed by atoms with van der Waals surface area (Å²) >= 11 is 0. The van der Waals surface area contributed by atoms with E-state index in [0.29, 0.717) is 23.6 Å². The highest BCUT2D eigenvalue weighted by Crippen LogP contribution is 2.35. The van der Waals surface area contributed by atoms with Gasteiger partial charge >= 0.3 is 0 Å². The molecule has 2 heterocycles. The van der Waals surface area contributed by atoms with Crippen molar-refractivity contribution in [1.29, 1.82) is 5.26 Å². The number of nitrogens with zero attached hydrogens (tertiary/aromatic N) is 3. The largest absolute Gasteiger partial charge is 0.348 e. The summed E-state index contributed by atoms with van der Waals surface area (Å²) in [4.78, 5) is 20.3. The number of amides is 1. The predicted molar refractivity (Wildman–Crippen MR) is 142 cm³/mol. The van der Waals surface area contributed by atoms with E-state index in [1.165, 1.54) is 0 Å². The lowest BCUT2D eigenvalue weighted by Crippen LogP contribution is -2.38. The lowest BCUT2D eigenvalue weighted by Gasteiger charge is -2.39. The number of carbonyl (C=O) groups excluding carboxylic acids is 1. The molecule has 7 nitrogen and oxygen atoms in total. The van der Waals surface area contributed by atoms with Crippen molar-refractivity contribution in [1.82, 2.24) is 15.2 Å². The molecule has 37 heavy (non-hydrogen) atoms. The summed E-state index contributed by atoms with van der Waals surface area (Å²) in [6.07, 6.45) is 2.45. The minimum atomic E-state index is -3.24. The molecule has 0 aliphatic carbocycles. The molecule has 1 atom stereocenters. The second-order valence-corrected chi connectivity index (χ2v) is 12.0. The van der Waals surface area contributed by atoms with Crippen LogP contribution < -0.4 is 5.32 Å². The van der Waals surface area contributed by atoms with Gasteiger partial charge in [-0.3, -0.25) is 14.7 Å². The molecule has 1 unspecified atom stereocenters. The topological polar surface area (TPSA) is 103 Å². The van der Waals surface area contributed by atoms with Crippen molar-refractivity contribution in [2.45, 2.75) is 51.2 Å². The molecule has 1 aromatic heterocycles. The van der Waals surface area contributed by atoms with E-state index >= 15 is 0 Å². The van der Waals surface area contributed by atoms with Crippen LogP contribution in [-0.2, 0) is 29.3 Å². The van der Waals surface area contributed by atoms with E-state index in [2.05, 4.69) is 30.1 Å². The van der Waals surface area contributed by atoms with Crippen LogP contribution in [0.4, 0.5) is 0 Å². The second kappa shape index (κ2) is 11.2. The molecule has 1 amide bonds. The molecule has 4 rings (SSSR count). The van der Waals surface area contributed by atoms with Crippen LogP contribution in [-0.4, -0.2) is 36.5 Å². The molecular formula is C29H32N4O3S. The molecular weight excluding hydrogens is 484 g/mol. The molecule has 0 radical (unpaired) electrons. The SMILES string of the molecule is CCS(=O)(=O)c1ccc(CNC(=O)c2cnc3c(c2)CCN(Cc2ccc(C#N)cc2)C3C(C)C)cc1. The van der Waals surface area contributed by atoms with Gasteiger partial charge in [-0.15, -0.1) is 0 Å². The highest BCUT2D eigenvalue weighted by Gasteiger charge is 2.31. The number of sulfone groups is 1. The molecule has 2 aromatic carbocycles. The Hall–Kier alpha value is -3.54. The fourth-order valence-corrected chi connectivity index (χ4v) is 5.67. The number of hydrogen-bond acceptors (Lipinski definition) is 6. The monoisotopic (exact) mass is 516 g/mol. The maximum atomic E-state index is 12.9. The van der Waals surface area contributed by atoms with Gasteiger partial charge in [-0.25, -0.2) is 8.42 Å². The average molecular weight is 517 g/mol. The fourth-order valence-electron chi connectivity index (χ4n) is 4.79. The van der Waals surface area contributed by atoms with E-state index < -0.39 is 9.84 Å². The third-order valence-corrected chi connectivity index (χ3v) is 8.57. The lowest BCUT2D eigenvalue weighted by atomic mass is 9.89. The number of rotatable bonds is 8. The first-order chi connectivity index (χ1) is 17.7. The third kappa shape index (κ3) is 6.07. The van der Waals surface area contributed by atoms with Crippen molar-refractivity contribution in [3.8, 4) is 6.07 Å². The summed E-state index contributed by atoms with van der Waals surface area (Å²) in [5.74, 6) is 0.185. The van der Waals surface area contributed by atoms with Gasteiger partial charge in [0.1, 0.15) is 0 Å². The minimum Gasteiger partial charge on any atom is -0.348 e. The zero-order valence-electron chi connectivity index (χ0n) is 21.4. The van der Waals surface area contributed by atoms with Crippen LogP contribution in [0.1, 0.15) is 65.1 Å². The zero-order valence-corrected chi connectivity index (χ0v) is 22.3. The molecule has 1 N–H and O–H groups in total. The molecule has 3 aromatic rings. The normalized spacial score (nSPS) is 15.7. The average Bonchev–Trinajstić information content (AvgIpc) is 2.91. The van der Waals surface area contributed by atoms with E-state index in [0.717, 1.165) is 41.9 Å². The van der Waals surface area contributed by atoms with Gasteiger partial charge in [0.2, 0.25) is 0 Å². The molecule has 0 bridgehead atoms. The number of pyridine rings is 1. The van der Waals surface area contributed by atoms with Gasteiger partial charge in [0, 0.05) is 25.8 Å². The van der Waals surface area contributed by atoms with Gasteiger partial charge in [0.05, 0.1) is 39.6 Å². The Balaban J connectivity index is 1.45. The van der Waals surface area contributed by atoms with Crippen LogP contribution >= 0.6 is 0 Å². The van der Waals surface area contributed by atoms with Crippen molar-refractivity contribution in [2.24, 2.45) is 5.92 Å². The van der Waals surface area contributed by atoms with E-state index in [4.69, 9.17) is 10.2 Å². The van der Waals surface area contributed by atoms with E-state index in [-0.39, 0.29) is 22.6 Å². The van der Waals surface area contributed by atoms with Gasteiger partial charge in [-0.05, 0) is 59.4 Å². The molecule has 0 saturated carbocycles. The number of nitrogens with one attached hydrogen (secondary N) is 1. The van der Waals surface area contributed by atoms with Crippen LogP contribution in [0, 0.1) is 17.2 Å². The number of hydrogen-bond donors (Lipinski definition) is 1. The van der Waals surface area contributed by atoms with Crippen molar-refractivity contribution in [3.05, 3.63) is 94.3 Å². The molecule has 1 aliphatic heterocycles. The highest BCUT2D eigenvalue weighted by atomic mass is 32.2. The summed E-state index contributed by atoms with van der Waals surface area (Å²) in [6, 6.07) is 18.6. The Kier molecular flexibility index (Phi) is 8.06. The Labute approximate surface area is 219 Å². The van der Waals surface area contributed by atoms with Crippen molar-refractivity contribution >= 4 is 15.7 Å². The molecule has 0 fully saturated rings. The third-order valence-electron chi connectivity index (χ3n) is 6.82. The van der Waals surface area contributed by atoms with E-state index in [9.17, 15) is 13.2 Å². The summed E-state index contributed by atoms with van der Waals surface area (Å²) in [5, 5.41) is 12.0. The lowest BCUT2D eigenvalue weighted by molar-refractivity contribution is 0.0949. The molecule has 0 spiro atoms. The molecule has 0 saturated heterocycles. The minimum absolute atomic E-state index is 0.0548. The van der Waals surface area contributed by atoms with Crippen LogP contribution in [0.15, 0.2) is 65.7 Å². The van der Waals surface area contributed by atoms with E-state index in [1.807, 2.05) is 30.3 Å². The van der Waals surface area contributed by atoms with Crippen LogP contribution in [0.25, 0.3) is 0 Å². The number of fused-ring (bicyclic) bond motifs is 1. The fraction of sp³-hybridized carbons (Fsp3) is 0.345. The maximum Gasteiger partial charge on any atom is 0.253 e. The summed E-state index contributed by atoms with van der Waals surface area (Å²) in [6.45, 7) is 7.92. The Bertz CT molecular complexity index is 1410. The molecule has 192 valence electrons. The number of carbonyl (C=O) groups is 1. The standard InChI is InChI=1S/C29H32N4O3S/c1-4-37(35,36)26-11-9-22(10-12-26)17-32-29(34)25-15-24-13-14-33(28(20(2)3)27(24)31-18-25)19-23-7-5-21(16-30)6-8-23/h5-12,15,18,20,28H,4,13-14,17,19H2,1-3H3,(H,32,34). The van der Waals surface area contributed by atoms with Crippen molar-refractivity contribution in [2.75, 3.05) is 12.3 Å². The smallest absolute Gasteiger partial charge is 0.253 e. The van der Waals surface area contributed by atoms with E-state index in [1.54, 1.807) is 37.4 Å². The van der Waals surface area contributed by atoms with Crippen molar-refractivity contribution in [3.63, 3.8) is 0 Å². The van der Waals surface area contributed by atoms with Crippen LogP contribution in [0.2, 0.25) is 0 Å². The second-order valence-electron chi connectivity index (χ2n) is 9.72. The highest BCUT2D eigenvalue weighted by molar-refractivity contribution is 7.91. The number of nitriles is 1. The Morgan fingerprint density at radius 3 is 2.43 bits per heavy atom. The number of aromatic nitrogens is 1. The van der Waals surface area contributed by atoms with Gasteiger partial charge < -0.3 is 5.32 Å². The Morgan fingerprint density at radius 2 is 1.81 bits per heavy atom. The number of benzene rings is 2. The van der Waals surface area contributed by atoms with Gasteiger partial charge in [-0.2, -0.15) is 5.26 Å². The summed E-state index contributed by atoms with van der Waals surface area (Å²) in [7, 11) is -3.24. The van der Waals surface area contributed by atoms with Crippen LogP contribution in [0.5, 0.6) is 0 Å².